The number of hydrogen-bond acceptors (Lipinski definition) is 6. The van der Waals surface area contributed by atoms with Crippen LogP contribution in [0.25, 0.3) is 6.08 Å². The highest BCUT2D eigenvalue weighted by Crippen LogP contribution is 2.27. The normalized spacial score (nSPS) is 12.4. The summed E-state index contributed by atoms with van der Waals surface area (Å²) in [5.41, 5.74) is -0.406. The number of pyridine rings is 1. The smallest absolute Gasteiger partial charge is 0.274 e. The topological polar surface area (TPSA) is 98.1 Å². The molecule has 27 heavy (non-hydrogen) atoms. The van der Waals surface area contributed by atoms with Crippen LogP contribution in [0.5, 0.6) is 0 Å². The first-order valence-corrected chi connectivity index (χ1v) is 11.2. The molecule has 1 amide bonds. The fourth-order valence-corrected chi connectivity index (χ4v) is 3.52. The van der Waals surface area contributed by atoms with Gasteiger partial charge in [-0.2, -0.15) is 0 Å². The maximum absolute atomic E-state index is 12.3. The number of carbonyl (C=O) groups excluding carboxylic acids is 1. The van der Waals surface area contributed by atoms with Crippen molar-refractivity contribution in [3.63, 3.8) is 0 Å². The van der Waals surface area contributed by atoms with Crippen LogP contribution in [0.15, 0.2) is 35.4 Å². The summed E-state index contributed by atoms with van der Waals surface area (Å²) in [6.45, 7) is 6.23. The van der Waals surface area contributed by atoms with Crippen molar-refractivity contribution in [2.45, 2.75) is 32.7 Å². The highest BCUT2D eigenvalue weighted by molar-refractivity contribution is 7.90. The van der Waals surface area contributed by atoms with Crippen LogP contribution >= 0.6 is 11.3 Å². The van der Waals surface area contributed by atoms with Gasteiger partial charge in [-0.1, -0.05) is 20.8 Å². The molecule has 9 heteroatoms. The molecule has 0 aliphatic rings. The molecule has 0 aliphatic carbocycles. The quantitative estimate of drug-likeness (QED) is 0.738. The fourth-order valence-electron chi connectivity index (χ4n) is 2.11. The van der Waals surface area contributed by atoms with Gasteiger partial charge in [-0.05, 0) is 18.2 Å². The van der Waals surface area contributed by atoms with Crippen molar-refractivity contribution >= 4 is 38.8 Å². The first kappa shape index (κ1) is 21.0. The Kier molecular flexibility index (Phi) is 6.38. The van der Waals surface area contributed by atoms with Crippen LogP contribution in [0.4, 0.5) is 5.69 Å². The van der Waals surface area contributed by atoms with E-state index in [-0.39, 0.29) is 23.4 Å². The van der Waals surface area contributed by atoms with Gasteiger partial charge in [-0.15, -0.1) is 11.3 Å². The van der Waals surface area contributed by atoms with Crippen molar-refractivity contribution in [3.8, 4) is 0 Å². The first-order valence-electron chi connectivity index (χ1n) is 8.28. The minimum atomic E-state index is -3.19. The largest absolute Gasteiger partial charge is 0.318 e. The Labute approximate surface area is 162 Å². The Balaban J connectivity index is 2.07. The number of hydrogen-bond donors (Lipinski definition) is 1. The lowest BCUT2D eigenvalue weighted by Crippen LogP contribution is -2.27. The highest BCUT2D eigenvalue weighted by atomic mass is 32.2. The molecule has 1 N–H and O–H groups in total. The number of aromatic nitrogens is 2. The Morgan fingerprint density at radius 2 is 2.07 bits per heavy atom. The van der Waals surface area contributed by atoms with Crippen LogP contribution in [-0.4, -0.2) is 35.9 Å². The summed E-state index contributed by atoms with van der Waals surface area (Å²) in [4.78, 5) is 29.6. The molecule has 146 valence electrons. The van der Waals surface area contributed by atoms with E-state index in [1.54, 1.807) is 18.3 Å². The third-order valence-corrected chi connectivity index (χ3v) is 5.86. The monoisotopic (exact) mass is 409 g/mol. The predicted molar refractivity (Wildman–Crippen MR) is 109 cm³/mol. The van der Waals surface area contributed by atoms with E-state index in [0.29, 0.717) is 0 Å². The summed E-state index contributed by atoms with van der Waals surface area (Å²) in [6, 6.07) is 3.07. The van der Waals surface area contributed by atoms with Crippen LogP contribution in [-0.2, 0) is 26.6 Å². The zero-order valence-electron chi connectivity index (χ0n) is 15.7. The summed E-state index contributed by atoms with van der Waals surface area (Å²) < 4.78 is 23.8. The minimum Gasteiger partial charge on any atom is -0.318 e. The lowest BCUT2D eigenvalue weighted by atomic mass is 9.98. The molecule has 0 spiro atoms. The lowest BCUT2D eigenvalue weighted by molar-refractivity contribution is -0.111. The SMILES string of the molecule is CC(C)(C)c1ncc(C=CC(=O)Nc2cccn(CCS(C)(=O)=O)c2=O)s1. The molecule has 2 rings (SSSR count). The van der Waals surface area contributed by atoms with E-state index in [1.807, 2.05) is 0 Å². The molecule has 0 bridgehead atoms. The molecule has 2 aromatic heterocycles. The maximum atomic E-state index is 12.3. The van der Waals surface area contributed by atoms with E-state index in [4.69, 9.17) is 0 Å². The molecular weight excluding hydrogens is 386 g/mol. The van der Waals surface area contributed by atoms with Crippen LogP contribution in [0.3, 0.4) is 0 Å². The molecule has 0 radical (unpaired) electrons. The molecular formula is C18H23N3O4S2. The molecule has 2 heterocycles. The van der Waals surface area contributed by atoms with Crippen molar-refractivity contribution in [2.24, 2.45) is 0 Å². The summed E-state index contributed by atoms with van der Waals surface area (Å²) in [5.74, 6) is -0.593. The summed E-state index contributed by atoms with van der Waals surface area (Å²) >= 11 is 1.50. The number of anilines is 1. The van der Waals surface area contributed by atoms with Crippen molar-refractivity contribution in [2.75, 3.05) is 17.3 Å². The van der Waals surface area contributed by atoms with Crippen LogP contribution in [0.2, 0.25) is 0 Å². The third kappa shape index (κ3) is 6.44. The fraction of sp³-hybridized carbons (Fsp3) is 0.389. The van der Waals surface area contributed by atoms with E-state index in [0.717, 1.165) is 16.1 Å². The van der Waals surface area contributed by atoms with E-state index >= 15 is 0 Å². The molecule has 7 nitrogen and oxygen atoms in total. The number of thiazole rings is 1. The van der Waals surface area contributed by atoms with Crippen LogP contribution < -0.4 is 10.9 Å². The van der Waals surface area contributed by atoms with Gasteiger partial charge in [0.1, 0.15) is 15.5 Å². The second-order valence-electron chi connectivity index (χ2n) is 7.19. The predicted octanol–water partition coefficient (Wildman–Crippen LogP) is 2.30. The molecule has 0 atom stereocenters. The number of aryl methyl sites for hydroxylation is 1. The van der Waals surface area contributed by atoms with Gasteiger partial charge in [0, 0.05) is 41.6 Å². The van der Waals surface area contributed by atoms with Gasteiger partial charge >= 0.3 is 0 Å². The summed E-state index contributed by atoms with van der Waals surface area (Å²) in [5, 5.41) is 3.50. The van der Waals surface area contributed by atoms with Gasteiger partial charge in [0.25, 0.3) is 5.56 Å². The van der Waals surface area contributed by atoms with E-state index in [1.165, 1.54) is 34.2 Å². The molecule has 0 saturated carbocycles. The number of nitrogens with zero attached hydrogens (tertiary/aromatic N) is 2. The Morgan fingerprint density at radius 1 is 1.37 bits per heavy atom. The highest BCUT2D eigenvalue weighted by Gasteiger charge is 2.17. The van der Waals surface area contributed by atoms with Crippen molar-refractivity contribution in [3.05, 3.63) is 50.8 Å². The third-order valence-electron chi connectivity index (χ3n) is 3.55. The number of carbonyl (C=O) groups is 1. The van der Waals surface area contributed by atoms with Gasteiger partial charge in [0.2, 0.25) is 5.91 Å². The number of amides is 1. The van der Waals surface area contributed by atoms with E-state index < -0.39 is 21.3 Å². The van der Waals surface area contributed by atoms with Crippen molar-refractivity contribution in [1.82, 2.24) is 9.55 Å². The Bertz CT molecular complexity index is 1010. The number of sulfone groups is 1. The van der Waals surface area contributed by atoms with E-state index in [2.05, 4.69) is 31.1 Å². The second kappa shape index (κ2) is 8.18. The second-order valence-corrected chi connectivity index (χ2v) is 10.5. The molecule has 0 aliphatic heterocycles. The van der Waals surface area contributed by atoms with Gasteiger partial charge in [-0.25, -0.2) is 13.4 Å². The Morgan fingerprint density at radius 3 is 2.67 bits per heavy atom. The standard InChI is InChI=1S/C18H23N3O4S2/c1-18(2,3)17-19-12-13(26-17)7-8-15(22)20-14-6-5-9-21(16(14)23)10-11-27(4,24)25/h5-9,12H,10-11H2,1-4H3,(H,20,22). The van der Waals surface area contributed by atoms with E-state index in [9.17, 15) is 18.0 Å². The van der Waals surface area contributed by atoms with Crippen molar-refractivity contribution in [1.29, 1.82) is 0 Å². The number of rotatable bonds is 6. The average Bonchev–Trinajstić information content (AvgIpc) is 3.02. The lowest BCUT2D eigenvalue weighted by Gasteiger charge is -2.13. The number of nitrogens with one attached hydrogen (secondary N) is 1. The van der Waals surface area contributed by atoms with Gasteiger partial charge in [0.05, 0.1) is 10.8 Å². The summed E-state index contributed by atoms with van der Waals surface area (Å²) in [6.07, 6.45) is 7.29. The maximum Gasteiger partial charge on any atom is 0.274 e. The zero-order valence-corrected chi connectivity index (χ0v) is 17.4. The molecule has 0 unspecified atom stereocenters. The van der Waals surface area contributed by atoms with Crippen LogP contribution in [0.1, 0.15) is 30.7 Å². The zero-order chi connectivity index (χ0) is 20.2. The van der Waals surface area contributed by atoms with Gasteiger partial charge < -0.3 is 9.88 Å². The van der Waals surface area contributed by atoms with Gasteiger partial charge in [0.15, 0.2) is 0 Å². The molecule has 0 aromatic carbocycles. The molecule has 2 aromatic rings. The average molecular weight is 410 g/mol. The van der Waals surface area contributed by atoms with Crippen molar-refractivity contribution < 1.29 is 13.2 Å². The first-order chi connectivity index (χ1) is 12.5. The molecule has 0 fully saturated rings. The summed E-state index contributed by atoms with van der Waals surface area (Å²) in [7, 11) is -3.19. The Hall–Kier alpha value is -2.26. The minimum absolute atomic E-state index is 0.0354. The molecule has 0 saturated heterocycles. The van der Waals surface area contributed by atoms with Gasteiger partial charge in [-0.3, -0.25) is 9.59 Å². The van der Waals surface area contributed by atoms with Crippen LogP contribution in [0, 0.1) is 0 Å².